The predicted molar refractivity (Wildman–Crippen MR) is 128 cm³/mol. The highest BCUT2D eigenvalue weighted by Crippen LogP contribution is 2.66. The molecule has 36 heavy (non-hydrogen) atoms. The zero-order valence-electron chi connectivity index (χ0n) is 20.9. The van der Waals surface area contributed by atoms with Gasteiger partial charge in [0.1, 0.15) is 22.7 Å². The Morgan fingerprint density at radius 1 is 1.22 bits per heavy atom. The number of esters is 1. The summed E-state index contributed by atoms with van der Waals surface area (Å²) in [6, 6.07) is 5.03. The second-order valence-electron chi connectivity index (χ2n) is 11.3. The average Bonchev–Trinajstić information content (AvgIpc) is 2.82. The minimum Gasteiger partial charge on any atom is -0.484 e. The van der Waals surface area contributed by atoms with Crippen molar-refractivity contribution in [3.8, 4) is 17.1 Å². The van der Waals surface area contributed by atoms with Crippen molar-refractivity contribution in [2.45, 2.75) is 70.9 Å². The molecule has 194 valence electrons. The third-order valence-electron chi connectivity index (χ3n) is 9.18. The molecular weight excluding hydrogens is 466 g/mol. The lowest BCUT2D eigenvalue weighted by Gasteiger charge is -2.66. The second-order valence-corrected chi connectivity index (χ2v) is 11.3. The second kappa shape index (κ2) is 8.39. The highest BCUT2D eigenvalue weighted by Gasteiger charge is 2.69. The predicted octanol–water partition coefficient (Wildman–Crippen LogP) is 2.61. The summed E-state index contributed by atoms with van der Waals surface area (Å²) in [5, 5.41) is 34.2. The maximum absolute atomic E-state index is 13.2. The van der Waals surface area contributed by atoms with Gasteiger partial charge in [0.15, 0.2) is 0 Å². The first-order chi connectivity index (χ1) is 16.9. The first-order valence-electron chi connectivity index (χ1n) is 12.4. The van der Waals surface area contributed by atoms with E-state index in [1.165, 1.54) is 6.92 Å². The van der Waals surface area contributed by atoms with Gasteiger partial charge in [-0.05, 0) is 49.7 Å². The molecule has 0 radical (unpaired) electrons. The Balaban J connectivity index is 1.61. The highest BCUT2D eigenvalue weighted by molar-refractivity contribution is 5.66. The first-order valence-corrected chi connectivity index (χ1v) is 12.4. The number of nitrogens with zero attached hydrogens (tertiary/aromatic N) is 1. The van der Waals surface area contributed by atoms with Crippen LogP contribution in [0.5, 0.6) is 5.75 Å². The topological polar surface area (TPSA) is 139 Å². The number of ether oxygens (including phenoxy) is 2. The van der Waals surface area contributed by atoms with E-state index in [-0.39, 0.29) is 36.0 Å². The minimum absolute atomic E-state index is 0.00986. The van der Waals surface area contributed by atoms with Gasteiger partial charge in [0.05, 0.1) is 24.9 Å². The monoisotopic (exact) mass is 499 g/mol. The maximum Gasteiger partial charge on any atom is 0.345 e. The summed E-state index contributed by atoms with van der Waals surface area (Å²) >= 11 is 0. The third kappa shape index (κ3) is 3.51. The molecule has 0 amide bonds. The summed E-state index contributed by atoms with van der Waals surface area (Å²) in [7, 11) is 0. The van der Waals surface area contributed by atoms with Gasteiger partial charge in [0.2, 0.25) is 0 Å². The summed E-state index contributed by atoms with van der Waals surface area (Å²) < 4.78 is 17.3. The van der Waals surface area contributed by atoms with Gasteiger partial charge >= 0.3 is 11.6 Å². The van der Waals surface area contributed by atoms with Gasteiger partial charge in [-0.2, -0.15) is 0 Å². The Kier molecular flexibility index (Phi) is 5.81. The number of hydrogen-bond acceptors (Lipinski definition) is 9. The fourth-order valence-electron chi connectivity index (χ4n) is 7.31. The van der Waals surface area contributed by atoms with Gasteiger partial charge in [0.25, 0.3) is 0 Å². The molecule has 3 heterocycles. The molecule has 0 aromatic carbocycles. The molecule has 8 atom stereocenters. The fourth-order valence-corrected chi connectivity index (χ4v) is 7.31. The van der Waals surface area contributed by atoms with E-state index in [1.54, 1.807) is 37.5 Å². The third-order valence-corrected chi connectivity index (χ3v) is 9.18. The summed E-state index contributed by atoms with van der Waals surface area (Å²) in [6.45, 7) is 6.94. The number of carbonyl (C=O) groups excluding carboxylic acids is 1. The number of fused-ring (bicyclic) bond motifs is 4. The van der Waals surface area contributed by atoms with Crippen LogP contribution in [0.1, 0.15) is 58.6 Å². The molecular formula is C27H33NO8. The zero-order valence-corrected chi connectivity index (χ0v) is 20.9. The van der Waals surface area contributed by atoms with Crippen molar-refractivity contribution in [2.24, 2.45) is 22.7 Å². The van der Waals surface area contributed by atoms with Gasteiger partial charge in [-0.1, -0.05) is 13.8 Å². The molecule has 3 aliphatic rings. The van der Waals surface area contributed by atoms with Crippen LogP contribution in [0, 0.1) is 22.7 Å². The molecule has 2 saturated carbocycles. The van der Waals surface area contributed by atoms with Crippen molar-refractivity contribution in [1.82, 2.24) is 4.98 Å². The average molecular weight is 500 g/mol. The van der Waals surface area contributed by atoms with Gasteiger partial charge in [-0.3, -0.25) is 9.78 Å². The lowest BCUT2D eigenvalue weighted by atomic mass is 9.42. The molecule has 1 aliphatic heterocycles. The molecule has 5 unspecified atom stereocenters. The van der Waals surface area contributed by atoms with Gasteiger partial charge in [0, 0.05) is 42.3 Å². The van der Waals surface area contributed by atoms with Gasteiger partial charge < -0.3 is 29.2 Å². The van der Waals surface area contributed by atoms with Crippen molar-refractivity contribution < 1.29 is 34.0 Å². The quantitative estimate of drug-likeness (QED) is 0.544. The maximum atomic E-state index is 13.2. The van der Waals surface area contributed by atoms with Gasteiger partial charge in [-0.25, -0.2) is 4.79 Å². The first kappa shape index (κ1) is 24.9. The molecule has 0 saturated heterocycles. The number of aromatic nitrogens is 1. The fraction of sp³-hybridized carbons (Fsp3) is 0.593. The Morgan fingerprint density at radius 3 is 2.64 bits per heavy atom. The molecule has 9 heteroatoms. The molecule has 2 aromatic heterocycles. The van der Waals surface area contributed by atoms with E-state index < -0.39 is 52.3 Å². The van der Waals surface area contributed by atoms with Gasteiger partial charge in [-0.15, -0.1) is 0 Å². The smallest absolute Gasteiger partial charge is 0.345 e. The van der Waals surface area contributed by atoms with Crippen LogP contribution in [-0.2, 0) is 9.53 Å². The molecule has 5 rings (SSSR count). The van der Waals surface area contributed by atoms with Crippen LogP contribution in [0.2, 0.25) is 0 Å². The number of aliphatic hydroxyl groups is 3. The number of carbonyl (C=O) groups is 1. The lowest BCUT2D eigenvalue weighted by Crippen LogP contribution is -2.70. The Hall–Kier alpha value is -2.75. The van der Waals surface area contributed by atoms with Crippen molar-refractivity contribution in [2.75, 3.05) is 6.61 Å². The molecule has 2 aromatic rings. The van der Waals surface area contributed by atoms with E-state index in [1.807, 2.05) is 13.8 Å². The number of aliphatic hydroxyl groups excluding tert-OH is 3. The van der Waals surface area contributed by atoms with Crippen LogP contribution in [-0.4, -0.2) is 50.7 Å². The lowest BCUT2D eigenvalue weighted by molar-refractivity contribution is -0.265. The molecule has 3 N–H and O–H groups in total. The standard InChI is InChI=1S/C27H33NO8/c1-14(29)34-13-26(3)18-11-20(31)27(4)23(25(18,2)8-7-19(26)30)22(32)21-17(36-27)10-16(35-24(21)33)15-6-5-9-28-12-15/h5-6,9-10,12,18-20,22-23,30-32H,7-8,11,13H2,1-4H3/t18?,19-,20-,22?,23?,25?,26+,27?/m0/s1. The van der Waals surface area contributed by atoms with Crippen LogP contribution in [0.4, 0.5) is 0 Å². The van der Waals surface area contributed by atoms with E-state index >= 15 is 0 Å². The van der Waals surface area contributed by atoms with E-state index in [9.17, 15) is 24.9 Å². The zero-order chi connectivity index (χ0) is 26.0. The van der Waals surface area contributed by atoms with Crippen molar-refractivity contribution in [3.05, 3.63) is 46.6 Å². The van der Waals surface area contributed by atoms with Crippen LogP contribution >= 0.6 is 0 Å². The number of rotatable bonds is 3. The summed E-state index contributed by atoms with van der Waals surface area (Å²) in [6.07, 6.45) is 1.36. The summed E-state index contributed by atoms with van der Waals surface area (Å²) in [5.41, 5.74) is -2.81. The van der Waals surface area contributed by atoms with Crippen molar-refractivity contribution in [3.63, 3.8) is 0 Å². The Labute approximate surface area is 209 Å². The van der Waals surface area contributed by atoms with Crippen LogP contribution in [0.15, 0.2) is 39.8 Å². The molecule has 2 aliphatic carbocycles. The van der Waals surface area contributed by atoms with E-state index in [4.69, 9.17) is 13.9 Å². The van der Waals surface area contributed by atoms with Crippen molar-refractivity contribution in [1.29, 1.82) is 0 Å². The minimum atomic E-state index is -1.27. The van der Waals surface area contributed by atoms with Crippen molar-refractivity contribution >= 4 is 5.97 Å². The van der Waals surface area contributed by atoms with Crippen LogP contribution in [0.25, 0.3) is 11.3 Å². The largest absolute Gasteiger partial charge is 0.484 e. The molecule has 0 bridgehead atoms. The van der Waals surface area contributed by atoms with E-state index in [2.05, 4.69) is 4.98 Å². The number of hydrogen-bond donors (Lipinski definition) is 3. The Bertz CT molecular complexity index is 1230. The van der Waals surface area contributed by atoms with Crippen LogP contribution < -0.4 is 10.4 Å². The SMILES string of the molecule is CC(=O)OC[C@]1(C)C2C[C@H](O)C3(C)Oc4cc(-c5cccnc5)oc(=O)c4C(O)C3C2(C)CC[C@@H]1O. The molecule has 9 nitrogen and oxygen atoms in total. The highest BCUT2D eigenvalue weighted by atomic mass is 16.5. The summed E-state index contributed by atoms with van der Waals surface area (Å²) in [4.78, 5) is 28.8. The molecule has 0 spiro atoms. The number of pyridine rings is 1. The van der Waals surface area contributed by atoms with E-state index in [0.717, 1.165) is 0 Å². The molecule has 2 fully saturated rings. The Morgan fingerprint density at radius 2 is 1.97 bits per heavy atom. The van der Waals surface area contributed by atoms with E-state index in [0.29, 0.717) is 18.4 Å². The van der Waals surface area contributed by atoms with Crippen LogP contribution in [0.3, 0.4) is 0 Å². The normalized spacial score (nSPS) is 39.2. The summed E-state index contributed by atoms with van der Waals surface area (Å²) in [5.74, 6) is -1.01.